The van der Waals surface area contributed by atoms with Crippen molar-refractivity contribution in [1.82, 2.24) is 9.13 Å². The maximum atomic E-state index is 6.39. The summed E-state index contributed by atoms with van der Waals surface area (Å²) in [4.78, 5) is 0. The third-order valence-electron chi connectivity index (χ3n) is 10.2. The van der Waals surface area contributed by atoms with Crippen LogP contribution in [0, 0.1) is 0 Å². The number of hydrogen-bond donors (Lipinski definition) is 0. The highest BCUT2D eigenvalue weighted by molar-refractivity contribution is 6.30. The number of fused-ring (bicyclic) bond motifs is 6. The minimum atomic E-state index is 0.727. The lowest BCUT2D eigenvalue weighted by Gasteiger charge is -2.16. The molecule has 3 heteroatoms. The first-order valence-electron chi connectivity index (χ1n) is 17.3. The van der Waals surface area contributed by atoms with Crippen LogP contribution in [0.15, 0.2) is 188 Å². The Bertz CT molecular complexity index is 2860. The van der Waals surface area contributed by atoms with Crippen LogP contribution in [0.3, 0.4) is 0 Å². The van der Waals surface area contributed by atoms with Gasteiger partial charge in [-0.3, -0.25) is 0 Å². The van der Waals surface area contributed by atoms with Crippen molar-refractivity contribution in [2.75, 3.05) is 0 Å². The zero-order chi connectivity index (χ0) is 33.9. The van der Waals surface area contributed by atoms with Crippen molar-refractivity contribution in [3.63, 3.8) is 0 Å². The van der Waals surface area contributed by atoms with Crippen LogP contribution in [0.4, 0.5) is 0 Å². The monoisotopic (exact) mass is 670 g/mol. The molecule has 10 aromatic rings. The average Bonchev–Trinajstić information content (AvgIpc) is 3.71. The van der Waals surface area contributed by atoms with Gasteiger partial charge in [-0.25, -0.2) is 0 Å². The van der Waals surface area contributed by atoms with E-state index in [2.05, 4.69) is 185 Å². The van der Waals surface area contributed by atoms with E-state index in [9.17, 15) is 0 Å². The van der Waals surface area contributed by atoms with Crippen LogP contribution < -0.4 is 0 Å². The number of aromatic nitrogens is 2. The molecule has 2 heterocycles. The smallest absolute Gasteiger partial charge is 0.0541 e. The molecule has 0 saturated heterocycles. The molecule has 0 aliphatic rings. The van der Waals surface area contributed by atoms with Crippen LogP contribution in [0.25, 0.3) is 88.4 Å². The molecule has 0 aliphatic heterocycles. The first-order chi connectivity index (χ1) is 25.2. The third kappa shape index (κ3) is 4.87. The van der Waals surface area contributed by atoms with E-state index in [1.165, 1.54) is 66.0 Å². The molecule has 0 fully saturated rings. The summed E-state index contributed by atoms with van der Waals surface area (Å²) < 4.78 is 4.76. The minimum Gasteiger partial charge on any atom is -0.309 e. The molecule has 0 saturated carbocycles. The fraction of sp³-hybridized carbons (Fsp3) is 0. The minimum absolute atomic E-state index is 0.727. The number of benzene rings is 8. The summed E-state index contributed by atoms with van der Waals surface area (Å²) >= 11 is 6.39. The van der Waals surface area contributed by atoms with Crippen LogP contribution in [-0.2, 0) is 0 Å². The van der Waals surface area contributed by atoms with Crippen molar-refractivity contribution in [3.05, 3.63) is 193 Å². The second-order valence-corrected chi connectivity index (χ2v) is 13.5. The van der Waals surface area contributed by atoms with E-state index in [0.717, 1.165) is 27.4 Å². The third-order valence-corrected chi connectivity index (χ3v) is 10.4. The quantitative estimate of drug-likeness (QED) is 0.172. The van der Waals surface area contributed by atoms with Crippen LogP contribution in [0.2, 0.25) is 5.02 Å². The van der Waals surface area contributed by atoms with Gasteiger partial charge in [-0.1, -0.05) is 127 Å². The molecule has 51 heavy (non-hydrogen) atoms. The molecule has 0 atom stereocenters. The molecule has 2 aromatic heterocycles. The van der Waals surface area contributed by atoms with E-state index in [-0.39, 0.29) is 0 Å². The molecular formula is C48H31ClN2. The number of halogens is 1. The Morgan fingerprint density at radius 3 is 1.47 bits per heavy atom. The molecule has 0 amide bonds. The number of para-hydroxylation sites is 4. The fourth-order valence-corrected chi connectivity index (χ4v) is 7.97. The maximum Gasteiger partial charge on any atom is 0.0541 e. The van der Waals surface area contributed by atoms with Gasteiger partial charge in [0, 0.05) is 37.8 Å². The van der Waals surface area contributed by atoms with Crippen molar-refractivity contribution < 1.29 is 0 Å². The topological polar surface area (TPSA) is 9.86 Å². The Hall–Kier alpha value is -6.35. The maximum absolute atomic E-state index is 6.39. The highest BCUT2D eigenvalue weighted by Gasteiger charge is 2.17. The van der Waals surface area contributed by atoms with Gasteiger partial charge >= 0.3 is 0 Å². The van der Waals surface area contributed by atoms with Crippen LogP contribution in [-0.4, -0.2) is 9.13 Å². The zero-order valence-electron chi connectivity index (χ0n) is 27.7. The van der Waals surface area contributed by atoms with Crippen molar-refractivity contribution in [1.29, 1.82) is 0 Å². The summed E-state index contributed by atoms with van der Waals surface area (Å²) in [7, 11) is 0. The lowest BCUT2D eigenvalue weighted by molar-refractivity contribution is 1.18. The summed E-state index contributed by atoms with van der Waals surface area (Å²) in [6.45, 7) is 0. The number of hydrogen-bond acceptors (Lipinski definition) is 0. The lowest BCUT2D eigenvalue weighted by atomic mass is 9.94. The molecule has 0 spiro atoms. The predicted octanol–water partition coefficient (Wildman–Crippen LogP) is 13.5. The van der Waals surface area contributed by atoms with Crippen molar-refractivity contribution in [2.45, 2.75) is 0 Å². The molecule has 8 aromatic carbocycles. The largest absolute Gasteiger partial charge is 0.309 e. The molecule has 0 aliphatic carbocycles. The Balaban J connectivity index is 1.13. The van der Waals surface area contributed by atoms with Gasteiger partial charge in [0.25, 0.3) is 0 Å². The van der Waals surface area contributed by atoms with E-state index in [1.807, 2.05) is 12.1 Å². The molecule has 240 valence electrons. The Morgan fingerprint density at radius 2 is 0.804 bits per heavy atom. The highest BCUT2D eigenvalue weighted by atomic mass is 35.5. The molecule has 0 unspecified atom stereocenters. The van der Waals surface area contributed by atoms with Gasteiger partial charge in [0.05, 0.1) is 27.8 Å². The molecule has 0 bridgehead atoms. The van der Waals surface area contributed by atoms with E-state index >= 15 is 0 Å². The fourth-order valence-electron chi connectivity index (χ4n) is 7.84. The van der Waals surface area contributed by atoms with Gasteiger partial charge in [-0.2, -0.15) is 0 Å². The van der Waals surface area contributed by atoms with E-state index < -0.39 is 0 Å². The van der Waals surface area contributed by atoms with Gasteiger partial charge in [0.15, 0.2) is 0 Å². The summed E-state index contributed by atoms with van der Waals surface area (Å²) in [5.74, 6) is 0. The van der Waals surface area contributed by atoms with Crippen LogP contribution in [0.5, 0.6) is 0 Å². The van der Waals surface area contributed by atoms with Crippen LogP contribution >= 0.6 is 11.6 Å². The summed E-state index contributed by atoms with van der Waals surface area (Å²) in [5, 5.41) is 5.72. The van der Waals surface area contributed by atoms with E-state index in [4.69, 9.17) is 11.6 Å². The molecule has 2 nitrogen and oxygen atoms in total. The molecule has 0 N–H and O–H groups in total. The van der Waals surface area contributed by atoms with Crippen molar-refractivity contribution >= 4 is 55.2 Å². The first kappa shape index (κ1) is 29.6. The second kappa shape index (κ2) is 11.9. The van der Waals surface area contributed by atoms with E-state index in [1.54, 1.807) is 0 Å². The van der Waals surface area contributed by atoms with E-state index in [0.29, 0.717) is 0 Å². The number of nitrogens with zero attached hydrogens (tertiary/aromatic N) is 2. The zero-order valence-corrected chi connectivity index (χ0v) is 28.4. The molecule has 10 rings (SSSR count). The normalized spacial score (nSPS) is 11.6. The molecule has 0 radical (unpaired) electrons. The van der Waals surface area contributed by atoms with Gasteiger partial charge in [-0.05, 0) is 101 Å². The van der Waals surface area contributed by atoms with Gasteiger partial charge in [0.2, 0.25) is 0 Å². The lowest BCUT2D eigenvalue weighted by Crippen LogP contribution is -1.98. The Kier molecular flexibility index (Phi) is 6.90. The summed E-state index contributed by atoms with van der Waals surface area (Å²) in [5.41, 5.74) is 14.1. The van der Waals surface area contributed by atoms with Crippen LogP contribution in [0.1, 0.15) is 0 Å². The highest BCUT2D eigenvalue weighted by Crippen LogP contribution is 2.40. The Labute approximate surface area is 301 Å². The van der Waals surface area contributed by atoms with Crippen molar-refractivity contribution in [3.8, 4) is 44.8 Å². The number of rotatable bonds is 5. The van der Waals surface area contributed by atoms with Gasteiger partial charge < -0.3 is 9.13 Å². The van der Waals surface area contributed by atoms with Gasteiger partial charge in [-0.15, -0.1) is 0 Å². The van der Waals surface area contributed by atoms with Crippen molar-refractivity contribution in [2.24, 2.45) is 0 Å². The average molecular weight is 671 g/mol. The van der Waals surface area contributed by atoms with Gasteiger partial charge in [0.1, 0.15) is 0 Å². The SMILES string of the molecule is Clc1ccc(-c2cc(-c3cccc(-c4ccc5c(c4)c4ccccc4n5-c4ccccc4)c3)ccc2-n2c3ccccc3c3ccccc32)cc1. The first-order valence-corrected chi connectivity index (χ1v) is 17.7. The second-order valence-electron chi connectivity index (χ2n) is 13.1. The standard InChI is InChI=1S/C48H31ClN2/c49-37-25-21-32(22-26-37)42-30-35(23-27-47(42)51-45-19-8-4-15-39(45)40-16-5-9-20-46(40)51)33-11-10-12-34(29-33)36-24-28-48-43(31-36)41-17-6-7-18-44(41)50(48)38-13-2-1-3-14-38/h1-31H. The Morgan fingerprint density at radius 1 is 0.314 bits per heavy atom. The molecular weight excluding hydrogens is 640 g/mol. The summed E-state index contributed by atoms with van der Waals surface area (Å²) in [6.07, 6.45) is 0. The predicted molar refractivity (Wildman–Crippen MR) is 216 cm³/mol. The summed E-state index contributed by atoms with van der Waals surface area (Å²) in [6, 6.07) is 67.5.